The molecule has 1 fully saturated rings. The van der Waals surface area contributed by atoms with Gasteiger partial charge in [0.05, 0.1) is 13.7 Å². The second-order valence-electron chi connectivity index (χ2n) is 7.95. The van der Waals surface area contributed by atoms with Gasteiger partial charge in [-0.2, -0.15) is 0 Å². The molecule has 2 aromatic carbocycles. The number of carbonyl (C=O) groups excluding carboxylic acids is 1. The summed E-state index contributed by atoms with van der Waals surface area (Å²) in [6.07, 6.45) is 0.983. The Morgan fingerprint density at radius 2 is 1.72 bits per heavy atom. The summed E-state index contributed by atoms with van der Waals surface area (Å²) in [6, 6.07) is 15.9. The lowest BCUT2D eigenvalue weighted by Gasteiger charge is -2.34. The maximum absolute atomic E-state index is 13.0. The van der Waals surface area contributed by atoms with Crippen molar-refractivity contribution in [2.24, 2.45) is 5.92 Å². The lowest BCUT2D eigenvalue weighted by Crippen LogP contribution is -2.48. The molecule has 0 spiro atoms. The van der Waals surface area contributed by atoms with E-state index in [0.717, 1.165) is 39.1 Å². The van der Waals surface area contributed by atoms with Crippen molar-refractivity contribution in [1.82, 2.24) is 9.80 Å². The van der Waals surface area contributed by atoms with Crippen molar-refractivity contribution in [3.63, 3.8) is 0 Å². The highest BCUT2D eigenvalue weighted by Gasteiger charge is 2.23. The second kappa shape index (κ2) is 10.3. The average Bonchev–Trinajstić information content (AvgIpc) is 2.74. The Hall–Kier alpha value is -2.53. The van der Waals surface area contributed by atoms with Gasteiger partial charge in [-0.25, -0.2) is 0 Å². The van der Waals surface area contributed by atoms with E-state index in [1.54, 1.807) is 13.2 Å². The van der Waals surface area contributed by atoms with Crippen LogP contribution in [0.1, 0.15) is 36.2 Å². The van der Waals surface area contributed by atoms with Crippen molar-refractivity contribution in [1.29, 1.82) is 0 Å². The third-order valence-corrected chi connectivity index (χ3v) is 5.27. The molecule has 0 unspecified atom stereocenters. The molecule has 156 valence electrons. The van der Waals surface area contributed by atoms with Gasteiger partial charge in [-0.3, -0.25) is 9.69 Å². The minimum Gasteiger partial charge on any atom is -0.493 e. The maximum Gasteiger partial charge on any atom is 0.254 e. The summed E-state index contributed by atoms with van der Waals surface area (Å²) in [4.78, 5) is 17.3. The van der Waals surface area contributed by atoms with E-state index in [1.165, 1.54) is 5.56 Å². The van der Waals surface area contributed by atoms with Gasteiger partial charge in [-0.05, 0) is 36.1 Å². The van der Waals surface area contributed by atoms with Crippen LogP contribution in [0, 0.1) is 5.92 Å². The van der Waals surface area contributed by atoms with Crippen molar-refractivity contribution in [2.75, 3.05) is 39.9 Å². The van der Waals surface area contributed by atoms with Gasteiger partial charge in [0.1, 0.15) is 0 Å². The normalized spacial score (nSPS) is 14.8. The first kappa shape index (κ1) is 21.2. The van der Waals surface area contributed by atoms with Crippen LogP contribution in [0.3, 0.4) is 0 Å². The SMILES string of the molecule is COc1cc(C(=O)N2CCN(Cc3ccccc3)CC2)ccc1OCCC(C)C. The van der Waals surface area contributed by atoms with Gasteiger partial charge >= 0.3 is 0 Å². The number of hydrogen-bond acceptors (Lipinski definition) is 4. The van der Waals surface area contributed by atoms with Crippen molar-refractivity contribution >= 4 is 5.91 Å². The Morgan fingerprint density at radius 3 is 2.38 bits per heavy atom. The van der Waals surface area contributed by atoms with Gasteiger partial charge in [0.2, 0.25) is 0 Å². The van der Waals surface area contributed by atoms with E-state index < -0.39 is 0 Å². The second-order valence-corrected chi connectivity index (χ2v) is 7.95. The van der Waals surface area contributed by atoms with Crippen LogP contribution < -0.4 is 9.47 Å². The van der Waals surface area contributed by atoms with E-state index in [4.69, 9.17) is 9.47 Å². The zero-order valence-corrected chi connectivity index (χ0v) is 17.8. The Bertz CT molecular complexity index is 784. The molecule has 0 bridgehead atoms. The van der Waals surface area contributed by atoms with E-state index in [-0.39, 0.29) is 5.91 Å². The van der Waals surface area contributed by atoms with E-state index in [9.17, 15) is 4.79 Å². The quantitative estimate of drug-likeness (QED) is 0.674. The van der Waals surface area contributed by atoms with Crippen LogP contribution in [0.25, 0.3) is 0 Å². The lowest BCUT2D eigenvalue weighted by atomic mass is 10.1. The van der Waals surface area contributed by atoms with Gasteiger partial charge in [0.15, 0.2) is 11.5 Å². The van der Waals surface area contributed by atoms with Crippen LogP contribution in [-0.4, -0.2) is 55.6 Å². The third kappa shape index (κ3) is 5.97. The molecule has 0 atom stereocenters. The first-order valence-electron chi connectivity index (χ1n) is 10.4. The molecule has 2 aromatic rings. The van der Waals surface area contributed by atoms with Gasteiger partial charge in [-0.15, -0.1) is 0 Å². The zero-order chi connectivity index (χ0) is 20.6. The molecule has 0 aliphatic carbocycles. The number of nitrogens with zero attached hydrogens (tertiary/aromatic N) is 2. The molecule has 1 aliphatic rings. The molecular weight excluding hydrogens is 364 g/mol. The van der Waals surface area contributed by atoms with Crippen LogP contribution in [0.4, 0.5) is 0 Å². The molecule has 1 saturated heterocycles. The fourth-order valence-electron chi connectivity index (χ4n) is 3.46. The van der Waals surface area contributed by atoms with Crippen molar-refractivity contribution in [3.05, 3.63) is 59.7 Å². The predicted molar refractivity (Wildman–Crippen MR) is 116 cm³/mol. The molecule has 1 amide bonds. The Labute approximate surface area is 174 Å². The largest absolute Gasteiger partial charge is 0.493 e. The molecule has 0 saturated carbocycles. The minimum atomic E-state index is 0.0522. The summed E-state index contributed by atoms with van der Waals surface area (Å²) in [5, 5.41) is 0. The number of ether oxygens (including phenoxy) is 2. The number of hydrogen-bond donors (Lipinski definition) is 0. The third-order valence-electron chi connectivity index (χ3n) is 5.27. The van der Waals surface area contributed by atoms with Crippen LogP contribution >= 0.6 is 0 Å². The van der Waals surface area contributed by atoms with Gasteiger partial charge < -0.3 is 14.4 Å². The van der Waals surface area contributed by atoms with Crippen LogP contribution in [0.15, 0.2) is 48.5 Å². The topological polar surface area (TPSA) is 42.0 Å². The molecule has 0 radical (unpaired) electrons. The summed E-state index contributed by atoms with van der Waals surface area (Å²) < 4.78 is 11.3. The smallest absolute Gasteiger partial charge is 0.254 e. The molecule has 0 aromatic heterocycles. The molecule has 29 heavy (non-hydrogen) atoms. The minimum absolute atomic E-state index is 0.0522. The van der Waals surface area contributed by atoms with Crippen LogP contribution in [0.2, 0.25) is 0 Å². The van der Waals surface area contributed by atoms with E-state index >= 15 is 0 Å². The predicted octanol–water partition coefficient (Wildman–Crippen LogP) is 4.08. The van der Waals surface area contributed by atoms with Gasteiger partial charge in [-0.1, -0.05) is 44.2 Å². The molecule has 1 aliphatic heterocycles. The standard InChI is InChI=1S/C24H32N2O3/c1-19(2)11-16-29-22-10-9-21(17-23(22)28-3)24(27)26-14-12-25(13-15-26)18-20-7-5-4-6-8-20/h4-10,17,19H,11-16,18H2,1-3H3. The number of methoxy groups -OCH3 is 1. The monoisotopic (exact) mass is 396 g/mol. The summed E-state index contributed by atoms with van der Waals surface area (Å²) in [5.74, 6) is 1.94. The number of amides is 1. The molecule has 0 N–H and O–H groups in total. The van der Waals surface area contributed by atoms with Crippen molar-refractivity contribution in [3.8, 4) is 11.5 Å². The Balaban J connectivity index is 1.56. The average molecular weight is 397 g/mol. The first-order chi connectivity index (χ1) is 14.1. The van der Waals surface area contributed by atoms with Crippen molar-refractivity contribution < 1.29 is 14.3 Å². The summed E-state index contributed by atoms with van der Waals surface area (Å²) in [6.45, 7) is 9.15. The van der Waals surface area contributed by atoms with E-state index in [1.807, 2.05) is 23.1 Å². The highest BCUT2D eigenvalue weighted by molar-refractivity contribution is 5.95. The molecule has 5 heteroatoms. The highest BCUT2D eigenvalue weighted by Crippen LogP contribution is 2.29. The van der Waals surface area contributed by atoms with E-state index in [0.29, 0.717) is 29.6 Å². The molecule has 3 rings (SSSR count). The first-order valence-corrected chi connectivity index (χ1v) is 10.4. The summed E-state index contributed by atoms with van der Waals surface area (Å²) in [5.41, 5.74) is 1.96. The van der Waals surface area contributed by atoms with Crippen LogP contribution in [0.5, 0.6) is 11.5 Å². The van der Waals surface area contributed by atoms with Gasteiger partial charge in [0.25, 0.3) is 5.91 Å². The fraction of sp³-hybridized carbons (Fsp3) is 0.458. The number of rotatable bonds is 8. The Morgan fingerprint density at radius 1 is 1.00 bits per heavy atom. The highest BCUT2D eigenvalue weighted by atomic mass is 16.5. The van der Waals surface area contributed by atoms with Crippen molar-refractivity contribution in [2.45, 2.75) is 26.8 Å². The fourth-order valence-corrected chi connectivity index (χ4v) is 3.46. The number of benzene rings is 2. The molecular formula is C24H32N2O3. The van der Waals surface area contributed by atoms with Crippen LogP contribution in [-0.2, 0) is 6.54 Å². The number of piperazine rings is 1. The Kier molecular flexibility index (Phi) is 7.53. The zero-order valence-electron chi connectivity index (χ0n) is 17.8. The van der Waals surface area contributed by atoms with Gasteiger partial charge in [0, 0.05) is 38.3 Å². The lowest BCUT2D eigenvalue weighted by molar-refractivity contribution is 0.0628. The molecule has 1 heterocycles. The summed E-state index contributed by atoms with van der Waals surface area (Å²) in [7, 11) is 1.61. The van der Waals surface area contributed by atoms with E-state index in [2.05, 4.69) is 43.0 Å². The molecule has 5 nitrogen and oxygen atoms in total. The maximum atomic E-state index is 13.0. The number of carbonyl (C=O) groups is 1. The summed E-state index contributed by atoms with van der Waals surface area (Å²) >= 11 is 0.